The van der Waals surface area contributed by atoms with Crippen LogP contribution in [0.15, 0.2) is 42.5 Å². The minimum absolute atomic E-state index is 0.254. The lowest BCUT2D eigenvalue weighted by molar-refractivity contribution is 0.0925. The standard InChI is InChI=1S/C23H30N2O2/c1-15(2)20-11-10-19(12-17(20)5)27-14-18(26)13-25-22-9-7-6-8-21(22)24-23(25)16(3)4/h6-12,15-16,18,26H,13-14H2,1-5H3. The van der Waals surface area contributed by atoms with Gasteiger partial charge >= 0.3 is 0 Å². The van der Waals surface area contributed by atoms with Crippen molar-refractivity contribution in [3.8, 4) is 5.75 Å². The lowest BCUT2D eigenvalue weighted by Crippen LogP contribution is -2.25. The summed E-state index contributed by atoms with van der Waals surface area (Å²) in [5.41, 5.74) is 4.57. The van der Waals surface area contributed by atoms with Gasteiger partial charge in [-0.1, -0.05) is 45.9 Å². The van der Waals surface area contributed by atoms with Crippen molar-refractivity contribution >= 4 is 11.0 Å². The Morgan fingerprint density at radius 2 is 1.78 bits per heavy atom. The Kier molecular flexibility index (Phi) is 5.85. The SMILES string of the molecule is Cc1cc(OCC(O)Cn2c(C(C)C)nc3ccccc32)ccc1C(C)C. The summed E-state index contributed by atoms with van der Waals surface area (Å²) in [7, 11) is 0. The lowest BCUT2D eigenvalue weighted by Gasteiger charge is -2.17. The second kappa shape index (κ2) is 8.13. The summed E-state index contributed by atoms with van der Waals surface area (Å²) < 4.78 is 7.97. The summed E-state index contributed by atoms with van der Waals surface area (Å²) in [6.07, 6.45) is -0.606. The number of aromatic nitrogens is 2. The summed E-state index contributed by atoms with van der Waals surface area (Å²) in [4.78, 5) is 4.73. The van der Waals surface area contributed by atoms with E-state index in [1.54, 1.807) is 0 Å². The van der Waals surface area contributed by atoms with Crippen molar-refractivity contribution in [1.29, 1.82) is 0 Å². The molecule has 4 nitrogen and oxygen atoms in total. The van der Waals surface area contributed by atoms with E-state index >= 15 is 0 Å². The molecule has 144 valence electrons. The second-order valence-electron chi connectivity index (χ2n) is 7.86. The number of fused-ring (bicyclic) bond motifs is 1. The number of benzene rings is 2. The maximum Gasteiger partial charge on any atom is 0.119 e. The average molecular weight is 367 g/mol. The van der Waals surface area contributed by atoms with Gasteiger partial charge in [0.15, 0.2) is 0 Å². The zero-order valence-corrected chi connectivity index (χ0v) is 16.9. The highest BCUT2D eigenvalue weighted by atomic mass is 16.5. The Hall–Kier alpha value is -2.33. The van der Waals surface area contributed by atoms with Gasteiger partial charge in [0, 0.05) is 5.92 Å². The molecule has 1 heterocycles. The smallest absolute Gasteiger partial charge is 0.119 e. The van der Waals surface area contributed by atoms with E-state index < -0.39 is 6.10 Å². The monoisotopic (exact) mass is 366 g/mol. The zero-order chi connectivity index (χ0) is 19.6. The van der Waals surface area contributed by atoms with Gasteiger partial charge in [-0.2, -0.15) is 0 Å². The van der Waals surface area contributed by atoms with Gasteiger partial charge in [-0.3, -0.25) is 0 Å². The van der Waals surface area contributed by atoms with E-state index in [1.807, 2.05) is 30.3 Å². The van der Waals surface area contributed by atoms with Crippen LogP contribution in [0.1, 0.15) is 56.5 Å². The van der Waals surface area contributed by atoms with Crippen LogP contribution in [0.2, 0.25) is 0 Å². The molecule has 3 aromatic rings. The second-order valence-corrected chi connectivity index (χ2v) is 7.86. The van der Waals surface area contributed by atoms with Crippen LogP contribution in [0.4, 0.5) is 0 Å². The molecule has 0 spiro atoms. The highest BCUT2D eigenvalue weighted by molar-refractivity contribution is 5.76. The van der Waals surface area contributed by atoms with Crippen molar-refractivity contribution < 1.29 is 9.84 Å². The predicted molar refractivity (Wildman–Crippen MR) is 111 cm³/mol. The van der Waals surface area contributed by atoms with E-state index in [0.717, 1.165) is 22.6 Å². The molecule has 3 rings (SSSR count). The number of para-hydroxylation sites is 2. The molecule has 1 aromatic heterocycles. The van der Waals surface area contributed by atoms with Crippen molar-refractivity contribution in [3.63, 3.8) is 0 Å². The third kappa shape index (κ3) is 4.33. The number of hydrogen-bond donors (Lipinski definition) is 1. The van der Waals surface area contributed by atoms with E-state index in [-0.39, 0.29) is 12.5 Å². The fourth-order valence-electron chi connectivity index (χ4n) is 3.57. The van der Waals surface area contributed by atoms with Crippen molar-refractivity contribution in [2.45, 2.75) is 59.1 Å². The van der Waals surface area contributed by atoms with Gasteiger partial charge in [0.25, 0.3) is 0 Å². The number of aliphatic hydroxyl groups is 1. The first-order valence-electron chi connectivity index (χ1n) is 9.73. The number of rotatable bonds is 7. The number of ether oxygens (including phenoxy) is 1. The van der Waals surface area contributed by atoms with Crippen LogP contribution in [-0.2, 0) is 6.54 Å². The van der Waals surface area contributed by atoms with Crippen molar-refractivity contribution in [2.24, 2.45) is 0 Å². The topological polar surface area (TPSA) is 47.3 Å². The molecule has 0 aliphatic carbocycles. The van der Waals surface area contributed by atoms with E-state index in [0.29, 0.717) is 12.5 Å². The minimum Gasteiger partial charge on any atom is -0.491 e. The Bertz CT molecular complexity index is 912. The number of aryl methyl sites for hydroxylation is 1. The van der Waals surface area contributed by atoms with Gasteiger partial charge in [0.1, 0.15) is 24.3 Å². The van der Waals surface area contributed by atoms with Gasteiger partial charge < -0.3 is 14.4 Å². The normalized spacial score (nSPS) is 12.9. The number of aliphatic hydroxyl groups excluding tert-OH is 1. The summed E-state index contributed by atoms with van der Waals surface area (Å²) in [5.74, 6) is 2.58. The van der Waals surface area contributed by atoms with Gasteiger partial charge in [0.2, 0.25) is 0 Å². The Morgan fingerprint density at radius 3 is 2.44 bits per heavy atom. The molecular formula is C23H30N2O2. The average Bonchev–Trinajstić information content (AvgIpc) is 2.98. The Morgan fingerprint density at radius 1 is 1.04 bits per heavy atom. The van der Waals surface area contributed by atoms with E-state index in [9.17, 15) is 5.11 Å². The lowest BCUT2D eigenvalue weighted by atomic mass is 9.98. The van der Waals surface area contributed by atoms with Gasteiger partial charge in [0.05, 0.1) is 17.6 Å². The number of hydrogen-bond acceptors (Lipinski definition) is 3. The molecule has 4 heteroatoms. The zero-order valence-electron chi connectivity index (χ0n) is 16.9. The molecule has 0 amide bonds. The van der Waals surface area contributed by atoms with Crippen molar-refractivity contribution in [2.75, 3.05) is 6.61 Å². The maximum atomic E-state index is 10.6. The van der Waals surface area contributed by atoms with E-state index in [4.69, 9.17) is 9.72 Å². The largest absolute Gasteiger partial charge is 0.491 e. The third-order valence-electron chi connectivity index (χ3n) is 4.90. The molecule has 1 unspecified atom stereocenters. The molecule has 0 saturated carbocycles. The molecule has 0 radical (unpaired) electrons. The summed E-state index contributed by atoms with van der Waals surface area (Å²) in [5, 5.41) is 10.6. The molecule has 1 N–H and O–H groups in total. The molecule has 2 aromatic carbocycles. The molecule has 0 bridgehead atoms. The van der Waals surface area contributed by atoms with Crippen LogP contribution in [0.5, 0.6) is 5.75 Å². The molecule has 27 heavy (non-hydrogen) atoms. The van der Waals surface area contributed by atoms with Gasteiger partial charge in [-0.05, 0) is 48.2 Å². The highest BCUT2D eigenvalue weighted by Crippen LogP contribution is 2.24. The Balaban J connectivity index is 1.71. The predicted octanol–water partition coefficient (Wildman–Crippen LogP) is 5.03. The van der Waals surface area contributed by atoms with Gasteiger partial charge in [-0.15, -0.1) is 0 Å². The molecule has 0 saturated heterocycles. The number of nitrogens with zero attached hydrogens (tertiary/aromatic N) is 2. The van der Waals surface area contributed by atoms with Crippen molar-refractivity contribution in [3.05, 3.63) is 59.4 Å². The highest BCUT2D eigenvalue weighted by Gasteiger charge is 2.17. The minimum atomic E-state index is -0.606. The molecular weight excluding hydrogens is 336 g/mol. The quantitative estimate of drug-likeness (QED) is 0.638. The van der Waals surface area contributed by atoms with Crippen LogP contribution in [0.3, 0.4) is 0 Å². The van der Waals surface area contributed by atoms with Gasteiger partial charge in [-0.25, -0.2) is 4.98 Å². The molecule has 0 fully saturated rings. The fraction of sp³-hybridized carbons (Fsp3) is 0.435. The maximum absolute atomic E-state index is 10.6. The first-order chi connectivity index (χ1) is 12.9. The first kappa shape index (κ1) is 19.4. The summed E-state index contributed by atoms with van der Waals surface area (Å²) in [6, 6.07) is 14.2. The molecule has 1 atom stereocenters. The number of imidazole rings is 1. The summed E-state index contributed by atoms with van der Waals surface area (Å²) in [6.45, 7) is 11.5. The van der Waals surface area contributed by atoms with Crippen LogP contribution < -0.4 is 4.74 Å². The van der Waals surface area contributed by atoms with Crippen LogP contribution in [-0.4, -0.2) is 27.4 Å². The van der Waals surface area contributed by atoms with Crippen molar-refractivity contribution in [1.82, 2.24) is 9.55 Å². The van der Waals surface area contributed by atoms with E-state index in [2.05, 4.69) is 51.3 Å². The first-order valence-corrected chi connectivity index (χ1v) is 9.73. The molecule has 0 aliphatic heterocycles. The summed E-state index contributed by atoms with van der Waals surface area (Å²) >= 11 is 0. The molecule has 0 aliphatic rings. The third-order valence-corrected chi connectivity index (χ3v) is 4.90. The Labute approximate surface area is 161 Å². The van der Waals surface area contributed by atoms with Crippen LogP contribution in [0.25, 0.3) is 11.0 Å². The fourth-order valence-corrected chi connectivity index (χ4v) is 3.57. The van der Waals surface area contributed by atoms with E-state index in [1.165, 1.54) is 11.1 Å². The van der Waals surface area contributed by atoms with Crippen LogP contribution in [0, 0.1) is 6.92 Å². The van der Waals surface area contributed by atoms with Crippen LogP contribution >= 0.6 is 0 Å².